The fourth-order valence-electron chi connectivity index (χ4n) is 1.58. The zero-order chi connectivity index (χ0) is 11.5. The first-order valence-corrected chi connectivity index (χ1v) is 5.35. The molecule has 2 aromatic rings. The Bertz CT molecular complexity index is 469. The third-order valence-electron chi connectivity index (χ3n) is 2.63. The predicted octanol–water partition coefficient (Wildman–Crippen LogP) is 2.62. The van der Waals surface area contributed by atoms with Gasteiger partial charge >= 0.3 is 0 Å². The summed E-state index contributed by atoms with van der Waals surface area (Å²) in [5, 5.41) is 4.35. The van der Waals surface area contributed by atoms with Crippen LogP contribution in [0.5, 0.6) is 5.75 Å². The Morgan fingerprint density at radius 1 is 1.25 bits per heavy atom. The third-order valence-corrected chi connectivity index (χ3v) is 2.63. The Balaban J connectivity index is 2.05. The monoisotopic (exact) mass is 216 g/mol. The molecule has 0 radical (unpaired) electrons. The topological polar surface area (TPSA) is 27.1 Å². The Morgan fingerprint density at radius 2 is 2.00 bits per heavy atom. The van der Waals surface area contributed by atoms with Crippen molar-refractivity contribution in [2.45, 2.75) is 20.5 Å². The lowest BCUT2D eigenvalue weighted by atomic mass is 10.2. The number of ether oxygens (including phenoxy) is 1. The van der Waals surface area contributed by atoms with E-state index in [1.165, 1.54) is 0 Å². The summed E-state index contributed by atoms with van der Waals surface area (Å²) in [6.45, 7) is 4.59. The predicted molar refractivity (Wildman–Crippen MR) is 63.5 cm³/mol. The summed E-state index contributed by atoms with van der Waals surface area (Å²) >= 11 is 0. The molecule has 1 heterocycles. The number of rotatable bonds is 3. The van der Waals surface area contributed by atoms with E-state index in [1.807, 2.05) is 55.9 Å². The SMILES string of the molecule is Cc1ccccc1OCc1cc(C)n(C)n1. The van der Waals surface area contributed by atoms with Gasteiger partial charge in [0.25, 0.3) is 0 Å². The van der Waals surface area contributed by atoms with Crippen molar-refractivity contribution in [3.8, 4) is 5.75 Å². The first kappa shape index (κ1) is 10.7. The van der Waals surface area contributed by atoms with E-state index in [-0.39, 0.29) is 0 Å². The highest BCUT2D eigenvalue weighted by atomic mass is 16.5. The number of para-hydroxylation sites is 1. The molecule has 0 saturated heterocycles. The summed E-state index contributed by atoms with van der Waals surface area (Å²) in [6, 6.07) is 10.0. The smallest absolute Gasteiger partial charge is 0.132 e. The zero-order valence-electron chi connectivity index (χ0n) is 9.90. The van der Waals surface area contributed by atoms with Crippen LogP contribution in [0, 0.1) is 13.8 Å². The lowest BCUT2D eigenvalue weighted by Gasteiger charge is -2.06. The molecular formula is C13H16N2O. The van der Waals surface area contributed by atoms with Gasteiger partial charge < -0.3 is 4.74 Å². The molecule has 0 atom stereocenters. The van der Waals surface area contributed by atoms with Crippen molar-refractivity contribution in [1.82, 2.24) is 9.78 Å². The molecule has 0 aliphatic carbocycles. The summed E-state index contributed by atoms with van der Waals surface area (Å²) in [4.78, 5) is 0. The number of benzene rings is 1. The standard InChI is InChI=1S/C13H16N2O/c1-10-6-4-5-7-13(10)16-9-12-8-11(2)15(3)14-12/h4-8H,9H2,1-3H3. The second kappa shape index (κ2) is 4.39. The fraction of sp³-hybridized carbons (Fsp3) is 0.308. The maximum Gasteiger partial charge on any atom is 0.132 e. The Morgan fingerprint density at radius 3 is 2.62 bits per heavy atom. The lowest BCUT2D eigenvalue weighted by Crippen LogP contribution is -1.99. The zero-order valence-corrected chi connectivity index (χ0v) is 9.90. The van der Waals surface area contributed by atoms with Gasteiger partial charge in [0.2, 0.25) is 0 Å². The van der Waals surface area contributed by atoms with E-state index in [2.05, 4.69) is 5.10 Å². The van der Waals surface area contributed by atoms with Crippen LogP contribution in [-0.2, 0) is 13.7 Å². The Kier molecular flexibility index (Phi) is 2.95. The Hall–Kier alpha value is -1.77. The Labute approximate surface area is 95.7 Å². The van der Waals surface area contributed by atoms with Crippen molar-refractivity contribution in [3.05, 3.63) is 47.3 Å². The average Bonchev–Trinajstić information content (AvgIpc) is 2.57. The highest BCUT2D eigenvalue weighted by Crippen LogP contribution is 2.17. The molecule has 2 rings (SSSR count). The largest absolute Gasteiger partial charge is 0.487 e. The molecule has 0 unspecified atom stereocenters. The van der Waals surface area contributed by atoms with Crippen LogP contribution < -0.4 is 4.74 Å². The minimum absolute atomic E-state index is 0.520. The van der Waals surface area contributed by atoms with E-state index in [1.54, 1.807) is 0 Å². The quantitative estimate of drug-likeness (QED) is 0.788. The molecule has 0 bridgehead atoms. The summed E-state index contributed by atoms with van der Waals surface area (Å²) in [7, 11) is 1.94. The maximum absolute atomic E-state index is 5.72. The van der Waals surface area contributed by atoms with Gasteiger partial charge in [0.1, 0.15) is 18.1 Å². The lowest BCUT2D eigenvalue weighted by molar-refractivity contribution is 0.298. The van der Waals surface area contributed by atoms with Gasteiger partial charge in [0, 0.05) is 12.7 Å². The van der Waals surface area contributed by atoms with Crippen LogP contribution in [0.4, 0.5) is 0 Å². The molecule has 84 valence electrons. The number of hydrogen-bond acceptors (Lipinski definition) is 2. The van der Waals surface area contributed by atoms with Gasteiger partial charge in [-0.15, -0.1) is 0 Å². The molecule has 1 aromatic heterocycles. The highest BCUT2D eigenvalue weighted by molar-refractivity contribution is 5.31. The number of aromatic nitrogens is 2. The molecule has 0 fully saturated rings. The van der Waals surface area contributed by atoms with Gasteiger partial charge in [-0.25, -0.2) is 0 Å². The summed E-state index contributed by atoms with van der Waals surface area (Å²) in [5.74, 6) is 0.922. The van der Waals surface area contributed by atoms with E-state index < -0.39 is 0 Å². The normalized spacial score (nSPS) is 10.4. The molecule has 3 nitrogen and oxygen atoms in total. The third kappa shape index (κ3) is 2.24. The van der Waals surface area contributed by atoms with Crippen LogP contribution in [0.2, 0.25) is 0 Å². The summed E-state index contributed by atoms with van der Waals surface area (Å²) < 4.78 is 7.57. The summed E-state index contributed by atoms with van der Waals surface area (Å²) in [5.41, 5.74) is 3.25. The van der Waals surface area contributed by atoms with Crippen molar-refractivity contribution < 1.29 is 4.74 Å². The van der Waals surface area contributed by atoms with Crippen molar-refractivity contribution in [1.29, 1.82) is 0 Å². The second-order valence-corrected chi connectivity index (χ2v) is 3.95. The summed E-state index contributed by atoms with van der Waals surface area (Å²) in [6.07, 6.45) is 0. The molecule has 0 N–H and O–H groups in total. The molecule has 1 aromatic carbocycles. The molecule has 0 aliphatic heterocycles. The van der Waals surface area contributed by atoms with Crippen LogP contribution in [0.1, 0.15) is 17.0 Å². The van der Waals surface area contributed by atoms with Crippen molar-refractivity contribution >= 4 is 0 Å². The minimum atomic E-state index is 0.520. The van der Waals surface area contributed by atoms with Crippen LogP contribution >= 0.6 is 0 Å². The number of hydrogen-bond donors (Lipinski definition) is 0. The van der Waals surface area contributed by atoms with Crippen molar-refractivity contribution in [2.24, 2.45) is 7.05 Å². The van der Waals surface area contributed by atoms with E-state index in [4.69, 9.17) is 4.74 Å². The number of aryl methyl sites for hydroxylation is 3. The van der Waals surface area contributed by atoms with Crippen molar-refractivity contribution in [3.63, 3.8) is 0 Å². The van der Waals surface area contributed by atoms with Gasteiger partial charge in [-0.05, 0) is 31.5 Å². The maximum atomic E-state index is 5.72. The van der Waals surface area contributed by atoms with Gasteiger partial charge in [0.05, 0.1) is 0 Å². The first-order chi connectivity index (χ1) is 7.66. The van der Waals surface area contributed by atoms with E-state index in [0.29, 0.717) is 6.61 Å². The molecule has 0 aliphatic rings. The fourth-order valence-corrected chi connectivity index (χ4v) is 1.58. The van der Waals surface area contributed by atoms with Gasteiger partial charge in [-0.1, -0.05) is 18.2 Å². The molecule has 16 heavy (non-hydrogen) atoms. The molecule has 0 amide bonds. The van der Waals surface area contributed by atoms with Crippen LogP contribution in [0.3, 0.4) is 0 Å². The van der Waals surface area contributed by atoms with E-state index in [0.717, 1.165) is 22.7 Å². The van der Waals surface area contributed by atoms with Gasteiger partial charge in [-0.3, -0.25) is 4.68 Å². The number of nitrogens with zero attached hydrogens (tertiary/aromatic N) is 2. The van der Waals surface area contributed by atoms with Crippen molar-refractivity contribution in [2.75, 3.05) is 0 Å². The molecule has 0 spiro atoms. The molecule has 0 saturated carbocycles. The van der Waals surface area contributed by atoms with Gasteiger partial charge in [0.15, 0.2) is 0 Å². The molecular weight excluding hydrogens is 200 g/mol. The van der Waals surface area contributed by atoms with Crippen LogP contribution in [-0.4, -0.2) is 9.78 Å². The highest BCUT2D eigenvalue weighted by Gasteiger charge is 2.03. The first-order valence-electron chi connectivity index (χ1n) is 5.35. The second-order valence-electron chi connectivity index (χ2n) is 3.95. The van der Waals surface area contributed by atoms with E-state index >= 15 is 0 Å². The van der Waals surface area contributed by atoms with E-state index in [9.17, 15) is 0 Å². The molecule has 3 heteroatoms. The average molecular weight is 216 g/mol. The van der Waals surface area contributed by atoms with Gasteiger partial charge in [-0.2, -0.15) is 5.10 Å². The van der Waals surface area contributed by atoms with Crippen LogP contribution in [0.15, 0.2) is 30.3 Å². The minimum Gasteiger partial charge on any atom is -0.487 e. The van der Waals surface area contributed by atoms with Crippen LogP contribution in [0.25, 0.3) is 0 Å².